The molecule has 9 heteroatoms. The predicted molar refractivity (Wildman–Crippen MR) is 153 cm³/mol. The number of nitrogens with zero attached hydrogens (tertiary/aromatic N) is 1. The van der Waals surface area contributed by atoms with Gasteiger partial charge in [0.15, 0.2) is 6.29 Å². The molecule has 238 valence electrons. The summed E-state index contributed by atoms with van der Waals surface area (Å²) in [5, 5.41) is 52.4. The summed E-state index contributed by atoms with van der Waals surface area (Å²) >= 11 is 0. The molecule has 9 nitrogen and oxygen atoms in total. The average Bonchev–Trinajstić information content (AvgIpc) is 3.33. The summed E-state index contributed by atoms with van der Waals surface area (Å²) in [6, 6.07) is 0.276. The molecule has 0 unspecified atom stereocenters. The van der Waals surface area contributed by atoms with E-state index in [0.717, 1.165) is 51.6 Å². The SMILES string of the molecule is C[C@@H]1CC[C@@H]2N(C1)C[C@H]1[C@@H]3C[C@H]4[C@@H](CC(=O)[C@H]5C[C@@H](O[C@@H]6O[C@H](CO)[C@@H](O)[C@H](O)[C@H]6O)CC[C@@]54C)[C@@H]3CC[C@H]1[C@]2(C)O. The van der Waals surface area contributed by atoms with Gasteiger partial charge in [-0.25, -0.2) is 0 Å². The number of hydrogen-bond donors (Lipinski definition) is 5. The highest BCUT2D eigenvalue weighted by Crippen LogP contribution is 2.66. The van der Waals surface area contributed by atoms with Gasteiger partial charge in [0.05, 0.1) is 18.3 Å². The molecule has 3 saturated heterocycles. The van der Waals surface area contributed by atoms with Crippen LogP contribution in [0.3, 0.4) is 0 Å². The maximum absolute atomic E-state index is 13.9. The lowest BCUT2D eigenvalue weighted by atomic mass is 9.51. The van der Waals surface area contributed by atoms with E-state index in [4.69, 9.17) is 9.47 Å². The Hall–Kier alpha value is -0.650. The van der Waals surface area contributed by atoms with Gasteiger partial charge in [0, 0.05) is 31.5 Å². The number of rotatable bonds is 3. The Balaban J connectivity index is 1.07. The van der Waals surface area contributed by atoms with Crippen LogP contribution in [0.4, 0.5) is 0 Å². The van der Waals surface area contributed by atoms with Crippen molar-refractivity contribution in [1.29, 1.82) is 0 Å². The number of ketones is 1. The predicted octanol–water partition coefficient (Wildman–Crippen LogP) is 1.71. The number of fused-ring (bicyclic) bond motifs is 8. The van der Waals surface area contributed by atoms with Crippen LogP contribution in [0.15, 0.2) is 0 Å². The molecule has 7 fully saturated rings. The number of Topliss-reactive ketones (excluding diaryl/α,β-unsaturated/α-hetero) is 1. The van der Waals surface area contributed by atoms with Crippen LogP contribution in [0.1, 0.15) is 78.6 Å². The number of ether oxygens (including phenoxy) is 2. The summed E-state index contributed by atoms with van der Waals surface area (Å²) in [5.74, 6) is 3.79. The Labute approximate surface area is 249 Å². The molecule has 7 aliphatic rings. The van der Waals surface area contributed by atoms with Gasteiger partial charge in [0.25, 0.3) is 0 Å². The van der Waals surface area contributed by atoms with Crippen LogP contribution in [-0.4, -0.2) is 104 Å². The van der Waals surface area contributed by atoms with Crippen molar-refractivity contribution < 1.29 is 39.8 Å². The Morgan fingerprint density at radius 3 is 2.45 bits per heavy atom. The number of carbonyl (C=O) groups excluding carboxylic acids is 1. The minimum atomic E-state index is -1.47. The third-order valence-electron chi connectivity index (χ3n) is 14.0. The van der Waals surface area contributed by atoms with Gasteiger partial charge in [-0.2, -0.15) is 0 Å². The molecule has 42 heavy (non-hydrogen) atoms. The highest BCUT2D eigenvalue weighted by molar-refractivity contribution is 5.83. The lowest BCUT2D eigenvalue weighted by Crippen LogP contribution is -2.67. The largest absolute Gasteiger partial charge is 0.394 e. The van der Waals surface area contributed by atoms with E-state index in [9.17, 15) is 30.3 Å². The van der Waals surface area contributed by atoms with E-state index in [1.54, 1.807) is 0 Å². The molecule has 0 spiro atoms. The van der Waals surface area contributed by atoms with Crippen LogP contribution in [0.25, 0.3) is 0 Å². The Bertz CT molecular complexity index is 1040. The topological polar surface area (TPSA) is 140 Å². The fraction of sp³-hybridized carbons (Fsp3) is 0.970. The van der Waals surface area contributed by atoms with Crippen LogP contribution >= 0.6 is 0 Å². The summed E-state index contributed by atoms with van der Waals surface area (Å²) < 4.78 is 11.8. The van der Waals surface area contributed by atoms with E-state index in [0.29, 0.717) is 60.1 Å². The molecule has 0 aromatic carbocycles. The van der Waals surface area contributed by atoms with Gasteiger partial charge in [-0.05, 0) is 105 Å². The van der Waals surface area contributed by atoms with Crippen LogP contribution in [0.5, 0.6) is 0 Å². The lowest BCUT2D eigenvalue weighted by molar-refractivity contribution is -0.315. The first-order valence-corrected chi connectivity index (χ1v) is 16.9. The quantitative estimate of drug-likeness (QED) is 0.310. The second-order valence-electron chi connectivity index (χ2n) is 16.0. The van der Waals surface area contributed by atoms with E-state index in [1.807, 2.05) is 0 Å². The van der Waals surface area contributed by atoms with Crippen molar-refractivity contribution >= 4 is 5.78 Å². The van der Waals surface area contributed by atoms with Crippen LogP contribution in [-0.2, 0) is 14.3 Å². The van der Waals surface area contributed by atoms with Crippen molar-refractivity contribution in [3.8, 4) is 0 Å². The molecule has 4 aliphatic carbocycles. The zero-order valence-corrected chi connectivity index (χ0v) is 25.6. The maximum Gasteiger partial charge on any atom is 0.186 e. The molecular weight excluding hydrogens is 538 g/mol. The molecule has 0 radical (unpaired) electrons. The van der Waals surface area contributed by atoms with Gasteiger partial charge in [-0.15, -0.1) is 0 Å². The molecule has 4 saturated carbocycles. The number of carbonyl (C=O) groups is 1. The molecule has 3 heterocycles. The Morgan fingerprint density at radius 1 is 0.905 bits per heavy atom. The highest BCUT2D eigenvalue weighted by atomic mass is 16.7. The highest BCUT2D eigenvalue weighted by Gasteiger charge is 2.64. The normalized spacial score (nSPS) is 57.9. The van der Waals surface area contributed by atoms with Crippen molar-refractivity contribution in [2.45, 2.75) is 127 Å². The maximum atomic E-state index is 13.9. The number of aliphatic hydroxyl groups excluding tert-OH is 4. The number of piperidine rings is 2. The first-order chi connectivity index (χ1) is 19.9. The van der Waals surface area contributed by atoms with Crippen molar-refractivity contribution in [3.63, 3.8) is 0 Å². The van der Waals surface area contributed by atoms with Gasteiger partial charge in [-0.3, -0.25) is 9.69 Å². The van der Waals surface area contributed by atoms with Gasteiger partial charge >= 0.3 is 0 Å². The van der Waals surface area contributed by atoms with Crippen LogP contribution in [0, 0.1) is 52.8 Å². The van der Waals surface area contributed by atoms with Gasteiger partial charge < -0.3 is 35.0 Å². The summed E-state index contributed by atoms with van der Waals surface area (Å²) in [4.78, 5) is 16.5. The number of hydrogen-bond acceptors (Lipinski definition) is 9. The van der Waals surface area contributed by atoms with Crippen molar-refractivity contribution in [3.05, 3.63) is 0 Å². The monoisotopic (exact) mass is 591 g/mol. The van der Waals surface area contributed by atoms with Crippen LogP contribution < -0.4 is 0 Å². The summed E-state index contributed by atoms with van der Waals surface area (Å²) in [5.41, 5.74) is -0.745. The van der Waals surface area contributed by atoms with E-state index in [1.165, 1.54) is 6.42 Å². The zero-order chi connectivity index (χ0) is 29.7. The first-order valence-electron chi connectivity index (χ1n) is 16.9. The Morgan fingerprint density at radius 2 is 1.69 bits per heavy atom. The minimum absolute atomic E-state index is 0.0958. The summed E-state index contributed by atoms with van der Waals surface area (Å²) in [7, 11) is 0. The molecular formula is C33H53NO8. The smallest absolute Gasteiger partial charge is 0.186 e. The average molecular weight is 592 g/mol. The van der Waals surface area contributed by atoms with Gasteiger partial charge in [0.2, 0.25) is 0 Å². The standard InChI is InChI=1S/C33H53NO8/c1-16-4-7-27-33(3,40)22-6-5-18-19(21(22)14-34(27)13-16)11-23-20(18)12-25(36)24-10-17(8-9-32(23,24)2)41-31-30(39)29(38)28(37)26(15-35)42-31/h16-24,26-31,35,37-40H,4-15H2,1-3H3/t16-,17+,18-,19-,20+,21+,22-,23+,24-,26-,27+,28-,29+,30-,31-,32-,33+/m1/s1. The molecule has 5 N–H and O–H groups in total. The number of aliphatic hydroxyl groups is 5. The summed E-state index contributed by atoms with van der Waals surface area (Å²) in [6.45, 7) is 8.49. The molecule has 0 bridgehead atoms. The third-order valence-corrected chi connectivity index (χ3v) is 14.0. The molecule has 0 amide bonds. The van der Waals surface area contributed by atoms with E-state index in [2.05, 4.69) is 25.7 Å². The molecule has 3 aliphatic heterocycles. The molecule has 0 aromatic heterocycles. The van der Waals surface area contributed by atoms with Crippen LogP contribution in [0.2, 0.25) is 0 Å². The van der Waals surface area contributed by atoms with E-state index in [-0.39, 0.29) is 23.5 Å². The fourth-order valence-electron chi connectivity index (χ4n) is 11.8. The van der Waals surface area contributed by atoms with E-state index < -0.39 is 42.9 Å². The molecule has 17 atom stereocenters. The van der Waals surface area contributed by atoms with Gasteiger partial charge in [0.1, 0.15) is 30.2 Å². The molecule has 7 rings (SSSR count). The van der Waals surface area contributed by atoms with Crippen molar-refractivity contribution in [2.24, 2.45) is 52.8 Å². The summed E-state index contributed by atoms with van der Waals surface area (Å²) in [6.07, 6.45) is 1.67. The zero-order valence-electron chi connectivity index (χ0n) is 25.6. The fourth-order valence-corrected chi connectivity index (χ4v) is 11.8. The van der Waals surface area contributed by atoms with Crippen molar-refractivity contribution in [2.75, 3.05) is 19.7 Å². The van der Waals surface area contributed by atoms with Gasteiger partial charge in [-0.1, -0.05) is 13.8 Å². The Kier molecular flexibility index (Phi) is 7.66. The van der Waals surface area contributed by atoms with E-state index >= 15 is 0 Å². The first kappa shape index (κ1) is 30.0. The van der Waals surface area contributed by atoms with Crippen molar-refractivity contribution in [1.82, 2.24) is 4.90 Å². The lowest BCUT2D eigenvalue weighted by Gasteiger charge is -2.59. The minimum Gasteiger partial charge on any atom is -0.394 e. The second kappa shape index (κ2) is 10.7. The molecule has 0 aromatic rings. The third kappa shape index (κ3) is 4.50. The second-order valence-corrected chi connectivity index (χ2v) is 16.0.